The van der Waals surface area contributed by atoms with Crippen LogP contribution in [0, 0.1) is 0 Å². The summed E-state index contributed by atoms with van der Waals surface area (Å²) in [6.45, 7) is 4.84. The minimum Gasteiger partial charge on any atom is -0.494 e. The molecule has 0 saturated carbocycles. The van der Waals surface area contributed by atoms with Gasteiger partial charge in [-0.3, -0.25) is 0 Å². The van der Waals surface area contributed by atoms with Gasteiger partial charge >= 0.3 is 0 Å². The van der Waals surface area contributed by atoms with Crippen LogP contribution in [-0.4, -0.2) is 52.3 Å². The van der Waals surface area contributed by atoms with E-state index in [-0.39, 0.29) is 0 Å². The summed E-state index contributed by atoms with van der Waals surface area (Å²) >= 11 is 0. The van der Waals surface area contributed by atoms with E-state index in [0.29, 0.717) is 6.61 Å². The van der Waals surface area contributed by atoms with Crippen molar-refractivity contribution in [2.75, 3.05) is 19.7 Å². The summed E-state index contributed by atoms with van der Waals surface area (Å²) in [5, 5.41) is 0. The highest BCUT2D eigenvalue weighted by Crippen LogP contribution is 2.39. The van der Waals surface area contributed by atoms with Crippen LogP contribution in [0.2, 0.25) is 0 Å². The highest BCUT2D eigenvalue weighted by Gasteiger charge is 2.28. The maximum atomic E-state index is 6.38. The molecular formula is C73H74N6O. The highest BCUT2D eigenvalue weighted by molar-refractivity contribution is 6.39. The number of hydrogen-bond acceptors (Lipinski definition) is 7. The quantitative estimate of drug-likeness (QED) is 0.0657. The molecule has 0 atom stereocenters. The Hall–Kier alpha value is -8.42. The molecule has 7 nitrogen and oxygen atoms in total. The zero-order chi connectivity index (χ0) is 54.1. The molecule has 11 rings (SSSR count). The zero-order valence-electron chi connectivity index (χ0n) is 46.5. The molecule has 7 heterocycles. The average molecular weight is 1050 g/mol. The van der Waals surface area contributed by atoms with E-state index < -0.39 is 0 Å². The lowest BCUT2D eigenvalue weighted by atomic mass is 9.98. The van der Waals surface area contributed by atoms with Crippen molar-refractivity contribution in [2.24, 2.45) is 20.0 Å². The largest absolute Gasteiger partial charge is 0.494 e. The van der Waals surface area contributed by atoms with Crippen molar-refractivity contribution in [1.29, 1.82) is 0 Å². The molecule has 7 heteroatoms. The standard InChI is InChI=1S/C73H74N6O/c1-2-3-4-5-6-7-8-9-10-11-12-13-14-24-48-78-50-44-55(45-51-78)56-46-52-79(53-47-56)49-25-54-80-61-34-32-60(33-35-61)73-68-42-40-66(76-68)71(58-28-20-16-21-29-58)64-38-36-62(74-64)70(57-26-18-15-19-27-57)63-37-39-65(75-63)72(59-30-22-17-23-31-59)67-41-43-69(73)77-67/h15-23,26-47,50-53H,2-14,24-25,48-49,54H2,1H3. The van der Waals surface area contributed by atoms with Crippen LogP contribution in [0.3, 0.4) is 0 Å². The summed E-state index contributed by atoms with van der Waals surface area (Å²) in [7, 11) is 0. The van der Waals surface area contributed by atoms with Gasteiger partial charge in [0.2, 0.25) is 0 Å². The SMILES string of the molecule is CCCCCCCCCCCCCCCCN1C=CC(=C2C=CN(CCCOc3ccc(C4=C5C=CC(=N5)C(c5ccccc5)=C5C=CC(=N5)C(c5ccccc5)=C5C=CC(=N5)C(c5ccccc5)=C5C=CC4=N5)cc3)C=C2)C=C1. The van der Waals surface area contributed by atoms with Crippen molar-refractivity contribution >= 4 is 45.1 Å². The van der Waals surface area contributed by atoms with E-state index in [1.807, 2.05) is 18.2 Å². The van der Waals surface area contributed by atoms with Gasteiger partial charge in [0.05, 0.1) is 52.2 Å². The Labute approximate surface area is 475 Å². The fraction of sp³-hybridized carbons (Fsp3) is 0.260. The lowest BCUT2D eigenvalue weighted by molar-refractivity contribution is 0.294. The Morgan fingerprint density at radius 3 is 0.975 bits per heavy atom. The predicted octanol–water partition coefficient (Wildman–Crippen LogP) is 17.9. The van der Waals surface area contributed by atoms with Gasteiger partial charge in [-0.15, -0.1) is 0 Å². The van der Waals surface area contributed by atoms with Gasteiger partial charge in [-0.1, -0.05) is 194 Å². The third-order valence-corrected chi connectivity index (χ3v) is 15.7. The monoisotopic (exact) mass is 1050 g/mol. The number of hydrogen-bond donors (Lipinski definition) is 0. The molecule has 4 aromatic carbocycles. The second-order valence-electron chi connectivity index (χ2n) is 21.4. The molecule has 0 N–H and O–H groups in total. The zero-order valence-corrected chi connectivity index (χ0v) is 46.5. The van der Waals surface area contributed by atoms with Gasteiger partial charge < -0.3 is 14.5 Å². The normalized spacial score (nSPS) is 17.1. The van der Waals surface area contributed by atoms with Crippen LogP contribution in [0.15, 0.2) is 267 Å². The number of ether oxygens (including phenoxy) is 1. The molecular weight excluding hydrogens is 977 g/mol. The van der Waals surface area contributed by atoms with E-state index in [1.54, 1.807) is 0 Å². The van der Waals surface area contributed by atoms with Crippen molar-refractivity contribution in [3.8, 4) is 5.75 Å². The van der Waals surface area contributed by atoms with E-state index in [4.69, 9.17) is 24.7 Å². The van der Waals surface area contributed by atoms with Gasteiger partial charge in [0.25, 0.3) is 0 Å². The molecule has 0 unspecified atom stereocenters. The Morgan fingerprint density at radius 2 is 0.625 bits per heavy atom. The first-order chi connectivity index (χ1) is 39.6. The van der Waals surface area contributed by atoms with Crippen LogP contribution in [0.5, 0.6) is 5.75 Å². The molecule has 0 aliphatic carbocycles. The molecule has 4 aromatic rings. The van der Waals surface area contributed by atoms with Gasteiger partial charge in [-0.2, -0.15) is 0 Å². The summed E-state index contributed by atoms with van der Waals surface area (Å²) in [5.41, 5.74) is 17.1. The minimum absolute atomic E-state index is 0.597. The van der Waals surface area contributed by atoms with Crippen molar-refractivity contribution in [2.45, 2.75) is 103 Å². The molecule has 0 saturated heterocycles. The number of unbranched alkanes of at least 4 members (excludes halogenated alkanes) is 13. The maximum absolute atomic E-state index is 6.38. The Kier molecular flexibility index (Phi) is 18.1. The first-order valence-electron chi connectivity index (χ1n) is 29.6. The fourth-order valence-corrected chi connectivity index (χ4v) is 11.3. The van der Waals surface area contributed by atoms with Gasteiger partial charge in [0.1, 0.15) is 5.75 Å². The van der Waals surface area contributed by atoms with Crippen LogP contribution in [0.25, 0.3) is 22.3 Å². The minimum atomic E-state index is 0.597. The van der Waals surface area contributed by atoms with Gasteiger partial charge in [0.15, 0.2) is 0 Å². The summed E-state index contributed by atoms with van der Waals surface area (Å²) in [6.07, 6.45) is 55.0. The topological polar surface area (TPSA) is 65.2 Å². The molecule has 0 aromatic heterocycles. The number of allylic oxidation sites excluding steroid dienone is 18. The number of fused-ring (bicyclic) bond motifs is 4. The molecule has 80 heavy (non-hydrogen) atoms. The second kappa shape index (κ2) is 27.0. The third kappa shape index (κ3) is 13.3. The maximum Gasteiger partial charge on any atom is 0.119 e. The van der Waals surface area contributed by atoms with E-state index in [9.17, 15) is 0 Å². The Morgan fingerprint density at radius 1 is 0.312 bits per heavy atom. The van der Waals surface area contributed by atoms with Gasteiger partial charge in [0, 0.05) is 60.2 Å². The molecule has 8 bridgehead atoms. The van der Waals surface area contributed by atoms with Gasteiger partial charge in [-0.05, 0) is 131 Å². The van der Waals surface area contributed by atoms with Crippen molar-refractivity contribution < 1.29 is 4.74 Å². The summed E-state index contributed by atoms with van der Waals surface area (Å²) in [4.78, 5) is 26.2. The number of benzene rings is 4. The molecule has 402 valence electrons. The van der Waals surface area contributed by atoms with Gasteiger partial charge in [-0.25, -0.2) is 20.0 Å². The Bertz CT molecular complexity index is 3360. The summed E-state index contributed by atoms with van der Waals surface area (Å²) in [5.74, 6) is 0.822. The lowest BCUT2D eigenvalue weighted by Crippen LogP contribution is -2.16. The fourth-order valence-electron chi connectivity index (χ4n) is 11.3. The Balaban J connectivity index is 0.742. The van der Waals surface area contributed by atoms with E-state index in [1.165, 1.54) is 101 Å². The molecule has 0 fully saturated rings. The molecule has 7 aliphatic rings. The van der Waals surface area contributed by atoms with Crippen molar-refractivity contribution in [3.63, 3.8) is 0 Å². The number of nitrogens with zero attached hydrogens (tertiary/aromatic N) is 6. The molecule has 7 aliphatic heterocycles. The summed E-state index contributed by atoms with van der Waals surface area (Å²) < 4.78 is 6.38. The highest BCUT2D eigenvalue weighted by atomic mass is 16.5. The molecule has 0 spiro atoms. The van der Waals surface area contributed by atoms with Crippen LogP contribution in [0.4, 0.5) is 0 Å². The average Bonchev–Trinajstić information content (AvgIpc) is 4.43. The first-order valence-corrected chi connectivity index (χ1v) is 29.6. The predicted molar refractivity (Wildman–Crippen MR) is 337 cm³/mol. The lowest BCUT2D eigenvalue weighted by Gasteiger charge is -2.22. The molecule has 0 amide bonds. The van der Waals surface area contributed by atoms with Crippen LogP contribution >= 0.6 is 0 Å². The second-order valence-corrected chi connectivity index (χ2v) is 21.4. The van der Waals surface area contributed by atoms with Crippen LogP contribution in [0.1, 0.15) is 125 Å². The van der Waals surface area contributed by atoms with E-state index >= 15 is 0 Å². The summed E-state index contributed by atoms with van der Waals surface area (Å²) in [6, 6.07) is 39.7. The number of rotatable bonds is 24. The first kappa shape index (κ1) is 53.6. The smallest absolute Gasteiger partial charge is 0.119 e. The molecule has 0 radical (unpaired) electrons. The number of aliphatic imine (C=N–C) groups is 4. The van der Waals surface area contributed by atoms with Crippen molar-refractivity contribution in [1.82, 2.24) is 9.80 Å². The van der Waals surface area contributed by atoms with Crippen LogP contribution < -0.4 is 4.74 Å². The van der Waals surface area contributed by atoms with E-state index in [0.717, 1.165) is 115 Å². The van der Waals surface area contributed by atoms with E-state index in [2.05, 4.69) is 211 Å². The van der Waals surface area contributed by atoms with Crippen LogP contribution in [-0.2, 0) is 0 Å². The third-order valence-electron chi connectivity index (χ3n) is 15.7. The van der Waals surface area contributed by atoms with Crippen molar-refractivity contribution in [3.05, 3.63) is 269 Å².